The summed E-state index contributed by atoms with van der Waals surface area (Å²) < 4.78 is 5.41. The smallest absolute Gasteiger partial charge is 0.408 e. The van der Waals surface area contributed by atoms with E-state index >= 15 is 0 Å². The van der Waals surface area contributed by atoms with Crippen LogP contribution >= 0.6 is 0 Å². The second-order valence-electron chi connectivity index (χ2n) is 10.2. The summed E-state index contributed by atoms with van der Waals surface area (Å²) in [5.74, 6) is -0.818. The van der Waals surface area contributed by atoms with Gasteiger partial charge >= 0.3 is 6.09 Å². The molecule has 0 bridgehead atoms. The molecule has 0 fully saturated rings. The second-order valence-corrected chi connectivity index (χ2v) is 10.2. The molecule has 34 heavy (non-hydrogen) atoms. The Kier molecular flexibility index (Phi) is 10.8. The third kappa shape index (κ3) is 8.50. The molecule has 0 radical (unpaired) electrons. The van der Waals surface area contributed by atoms with Crippen LogP contribution in [0.15, 0.2) is 30.9 Å². The number of carbonyl (C=O) groups excluding carboxylic acids is 3. The number of benzene rings is 1. The molecule has 0 aromatic heterocycles. The topological polar surface area (TPSA) is 87.7 Å². The van der Waals surface area contributed by atoms with Crippen molar-refractivity contribution in [2.75, 3.05) is 6.54 Å². The van der Waals surface area contributed by atoms with Gasteiger partial charge in [0.15, 0.2) is 0 Å². The number of amides is 3. The summed E-state index contributed by atoms with van der Waals surface area (Å²) >= 11 is 0. The van der Waals surface area contributed by atoms with Crippen LogP contribution in [0.3, 0.4) is 0 Å². The lowest BCUT2D eigenvalue weighted by molar-refractivity contribution is -0.143. The van der Waals surface area contributed by atoms with Gasteiger partial charge in [-0.25, -0.2) is 4.79 Å². The number of nitrogens with zero attached hydrogens (tertiary/aromatic N) is 1. The van der Waals surface area contributed by atoms with Crippen LogP contribution < -0.4 is 10.6 Å². The third-order valence-electron chi connectivity index (χ3n) is 5.47. The predicted octanol–water partition coefficient (Wildman–Crippen LogP) is 4.82. The van der Waals surface area contributed by atoms with E-state index in [0.717, 1.165) is 16.7 Å². The van der Waals surface area contributed by atoms with Gasteiger partial charge < -0.3 is 20.3 Å². The maximum Gasteiger partial charge on any atom is 0.408 e. The fourth-order valence-electron chi connectivity index (χ4n) is 3.70. The summed E-state index contributed by atoms with van der Waals surface area (Å²) in [6, 6.07) is 3.97. The average Bonchev–Trinajstić information content (AvgIpc) is 2.70. The fraction of sp³-hybridized carbons (Fsp3) is 0.593. The van der Waals surface area contributed by atoms with Gasteiger partial charge in [0, 0.05) is 12.6 Å². The van der Waals surface area contributed by atoms with Gasteiger partial charge in [0.2, 0.25) is 11.8 Å². The van der Waals surface area contributed by atoms with E-state index in [2.05, 4.69) is 17.2 Å². The number of alkyl carbamates (subject to hydrolysis) is 1. The van der Waals surface area contributed by atoms with E-state index in [1.807, 2.05) is 59.7 Å². The first-order valence-electron chi connectivity index (χ1n) is 12.0. The average molecular weight is 474 g/mol. The summed E-state index contributed by atoms with van der Waals surface area (Å²) in [5.41, 5.74) is 2.01. The van der Waals surface area contributed by atoms with Crippen molar-refractivity contribution in [3.63, 3.8) is 0 Å². The number of ether oxygens (including phenoxy) is 1. The SMILES string of the molecule is C=CCN(C(=O)C(NC(=O)OC(C)(C)C)C(C)CC)C(C(=O)NC(C)C)c1ccc(C)cc1C. The second kappa shape index (κ2) is 12.6. The molecule has 0 aliphatic heterocycles. The number of nitrogens with one attached hydrogen (secondary N) is 2. The Labute approximate surface area is 205 Å². The van der Waals surface area contributed by atoms with Crippen molar-refractivity contribution in [3.8, 4) is 0 Å². The monoisotopic (exact) mass is 473 g/mol. The molecule has 0 spiro atoms. The van der Waals surface area contributed by atoms with Crippen molar-refractivity contribution in [1.29, 1.82) is 0 Å². The van der Waals surface area contributed by atoms with Crippen LogP contribution in [-0.2, 0) is 14.3 Å². The van der Waals surface area contributed by atoms with Crippen molar-refractivity contribution < 1.29 is 19.1 Å². The molecule has 0 aliphatic carbocycles. The van der Waals surface area contributed by atoms with E-state index in [4.69, 9.17) is 4.74 Å². The summed E-state index contributed by atoms with van der Waals surface area (Å²) in [4.78, 5) is 41.5. The van der Waals surface area contributed by atoms with E-state index in [1.54, 1.807) is 26.8 Å². The highest BCUT2D eigenvalue weighted by Gasteiger charge is 2.38. The van der Waals surface area contributed by atoms with Gasteiger partial charge in [-0.3, -0.25) is 9.59 Å². The minimum atomic E-state index is -0.875. The fourth-order valence-corrected chi connectivity index (χ4v) is 3.70. The lowest BCUT2D eigenvalue weighted by Gasteiger charge is -2.36. The third-order valence-corrected chi connectivity index (χ3v) is 5.47. The van der Waals surface area contributed by atoms with Crippen LogP contribution in [-0.4, -0.2) is 47.0 Å². The van der Waals surface area contributed by atoms with E-state index < -0.39 is 23.8 Å². The zero-order valence-electron chi connectivity index (χ0n) is 22.3. The molecular weight excluding hydrogens is 430 g/mol. The molecule has 0 saturated carbocycles. The Bertz CT molecular complexity index is 873. The molecule has 0 aliphatic rings. The molecule has 1 aromatic rings. The summed E-state index contributed by atoms with van der Waals surface area (Å²) in [6.07, 6.45) is 1.58. The number of hydrogen-bond donors (Lipinski definition) is 2. The highest BCUT2D eigenvalue weighted by Crippen LogP contribution is 2.28. The molecule has 1 rings (SSSR count). The molecule has 1 aromatic carbocycles. The van der Waals surface area contributed by atoms with Gasteiger partial charge in [0.1, 0.15) is 17.7 Å². The Morgan fingerprint density at radius 2 is 1.74 bits per heavy atom. The first-order chi connectivity index (χ1) is 15.7. The summed E-state index contributed by atoms with van der Waals surface area (Å²) in [6.45, 7) is 20.8. The van der Waals surface area contributed by atoms with Crippen LogP contribution in [0.25, 0.3) is 0 Å². The summed E-state index contributed by atoms with van der Waals surface area (Å²) in [7, 11) is 0. The van der Waals surface area contributed by atoms with Gasteiger partial charge in [-0.1, -0.05) is 50.1 Å². The highest BCUT2D eigenvalue weighted by molar-refractivity contribution is 5.92. The van der Waals surface area contributed by atoms with E-state index in [0.29, 0.717) is 6.42 Å². The van der Waals surface area contributed by atoms with Crippen LogP contribution in [0.1, 0.15) is 77.6 Å². The summed E-state index contributed by atoms with van der Waals surface area (Å²) in [5, 5.41) is 5.71. The number of aryl methyl sites for hydroxylation is 2. The Morgan fingerprint density at radius 1 is 1.12 bits per heavy atom. The standard InChI is InChI=1S/C27H43N3O4/c1-11-15-30(25(32)22(19(6)12-2)29-26(33)34-27(8,9)10)23(24(31)28-17(3)4)21-14-13-18(5)16-20(21)7/h11,13-14,16-17,19,22-23H,1,12,15H2,2-10H3,(H,28,31)(H,29,33). The van der Waals surface area contributed by atoms with Gasteiger partial charge in [0.25, 0.3) is 0 Å². The first-order valence-corrected chi connectivity index (χ1v) is 12.0. The van der Waals surface area contributed by atoms with Crippen LogP contribution in [0.5, 0.6) is 0 Å². The molecule has 7 nitrogen and oxygen atoms in total. The zero-order valence-corrected chi connectivity index (χ0v) is 22.3. The number of carbonyl (C=O) groups is 3. The normalized spacial score (nSPS) is 14.1. The molecule has 3 atom stereocenters. The number of rotatable bonds is 10. The Balaban J connectivity index is 3.52. The van der Waals surface area contributed by atoms with Crippen LogP contribution in [0.4, 0.5) is 4.79 Å². The Morgan fingerprint density at radius 3 is 2.21 bits per heavy atom. The van der Waals surface area contributed by atoms with E-state index in [1.165, 1.54) is 4.90 Å². The van der Waals surface area contributed by atoms with Crippen molar-refractivity contribution in [3.05, 3.63) is 47.5 Å². The molecule has 3 amide bonds. The molecule has 2 N–H and O–H groups in total. The maximum atomic E-state index is 13.9. The van der Waals surface area contributed by atoms with Gasteiger partial charge in [-0.2, -0.15) is 0 Å². The molecule has 7 heteroatoms. The Hall–Kier alpha value is -2.83. The highest BCUT2D eigenvalue weighted by atomic mass is 16.6. The molecular formula is C27H43N3O4. The largest absolute Gasteiger partial charge is 0.444 e. The molecule has 190 valence electrons. The lowest BCUT2D eigenvalue weighted by Crippen LogP contribution is -2.55. The van der Waals surface area contributed by atoms with E-state index in [9.17, 15) is 14.4 Å². The predicted molar refractivity (Wildman–Crippen MR) is 136 cm³/mol. The molecule has 3 unspecified atom stereocenters. The van der Waals surface area contributed by atoms with Crippen molar-refractivity contribution in [2.45, 2.75) is 92.5 Å². The minimum absolute atomic E-state index is 0.105. The van der Waals surface area contributed by atoms with Crippen molar-refractivity contribution in [1.82, 2.24) is 15.5 Å². The molecule has 0 heterocycles. The zero-order chi connectivity index (χ0) is 26.2. The maximum absolute atomic E-state index is 13.9. The first kappa shape index (κ1) is 29.2. The van der Waals surface area contributed by atoms with Crippen molar-refractivity contribution >= 4 is 17.9 Å². The van der Waals surface area contributed by atoms with Crippen LogP contribution in [0, 0.1) is 19.8 Å². The van der Waals surface area contributed by atoms with Gasteiger partial charge in [0.05, 0.1) is 0 Å². The lowest BCUT2D eigenvalue weighted by atomic mass is 9.93. The van der Waals surface area contributed by atoms with Gasteiger partial charge in [-0.15, -0.1) is 6.58 Å². The van der Waals surface area contributed by atoms with E-state index in [-0.39, 0.29) is 30.3 Å². The van der Waals surface area contributed by atoms with Crippen LogP contribution in [0.2, 0.25) is 0 Å². The quantitative estimate of drug-likeness (QED) is 0.477. The minimum Gasteiger partial charge on any atom is -0.444 e. The van der Waals surface area contributed by atoms with Crippen molar-refractivity contribution in [2.24, 2.45) is 5.92 Å². The molecule has 0 saturated heterocycles. The van der Waals surface area contributed by atoms with Gasteiger partial charge in [-0.05, 0) is 65.5 Å². The number of hydrogen-bond acceptors (Lipinski definition) is 4.